The molecule has 37 valence electrons. The Bertz CT molecular complexity index is 125. The second-order valence-corrected chi connectivity index (χ2v) is 1.00. The van der Waals surface area contributed by atoms with Crippen LogP contribution in [0.25, 0.3) is 0 Å². The Kier molecular flexibility index (Phi) is 1.04. The predicted molar refractivity (Wildman–Crippen MR) is 21.1 cm³/mol. The smallest absolute Gasteiger partial charge is 0.198 e. The molecule has 0 aliphatic carbocycles. The Hall–Kier alpha value is -0.900. The van der Waals surface area contributed by atoms with Crippen LogP contribution in [0.5, 0.6) is 0 Å². The van der Waals surface area contributed by atoms with E-state index in [4.69, 9.17) is 5.11 Å². The van der Waals surface area contributed by atoms with E-state index in [1.165, 1.54) is 11.0 Å². The molecule has 0 fully saturated rings. The van der Waals surface area contributed by atoms with E-state index >= 15 is 0 Å². The van der Waals surface area contributed by atoms with Crippen molar-refractivity contribution in [3.05, 3.63) is 12.7 Å². The van der Waals surface area contributed by atoms with Crippen molar-refractivity contribution in [3.63, 3.8) is 0 Å². The molecule has 0 unspecified atom stereocenters. The van der Waals surface area contributed by atoms with Gasteiger partial charge in [0.15, 0.2) is 6.33 Å². The number of rotatable bonds is 1. The third kappa shape index (κ3) is 0.747. The topological polar surface area (TPSA) is 50.9 Å². The van der Waals surface area contributed by atoms with Gasteiger partial charge >= 0.3 is 0 Å². The third-order valence-electron chi connectivity index (χ3n) is 0.556. The Morgan fingerprint density at radius 2 is 2.71 bits per heavy atom. The van der Waals surface area contributed by atoms with Crippen LogP contribution in [0.4, 0.5) is 0 Å². The second-order valence-electron chi connectivity index (χ2n) is 1.00. The molecule has 0 spiro atoms. The van der Waals surface area contributed by atoms with Crippen LogP contribution in [-0.4, -0.2) is 19.9 Å². The van der Waals surface area contributed by atoms with Crippen LogP contribution >= 0.6 is 0 Å². The van der Waals surface area contributed by atoms with Crippen LogP contribution in [0.15, 0.2) is 6.33 Å². The standard InChI is InChI=1S/C3H4N3O/c7-3-6-2-4-1-5-6/h1,7H,3H2. The average molecular weight is 98.1 g/mol. The molecule has 1 aromatic rings. The summed E-state index contributed by atoms with van der Waals surface area (Å²) < 4.78 is 1.19. The zero-order chi connectivity index (χ0) is 5.11. The monoisotopic (exact) mass is 98.0 g/mol. The van der Waals surface area contributed by atoms with Crippen molar-refractivity contribution in [1.29, 1.82) is 0 Å². The van der Waals surface area contributed by atoms with E-state index in [1.807, 2.05) is 0 Å². The second kappa shape index (κ2) is 1.70. The molecule has 0 saturated heterocycles. The van der Waals surface area contributed by atoms with Gasteiger partial charge in [-0.05, 0) is 0 Å². The van der Waals surface area contributed by atoms with Gasteiger partial charge in [-0.1, -0.05) is 0 Å². The first-order valence-corrected chi connectivity index (χ1v) is 1.80. The highest BCUT2D eigenvalue weighted by molar-refractivity contribution is 4.48. The number of aromatic nitrogens is 3. The quantitative estimate of drug-likeness (QED) is 0.491. The van der Waals surface area contributed by atoms with Gasteiger partial charge in [-0.3, -0.25) is 0 Å². The van der Waals surface area contributed by atoms with Gasteiger partial charge in [-0.15, -0.1) is 0 Å². The molecule has 1 radical (unpaired) electrons. The molecule has 0 aliphatic heterocycles. The van der Waals surface area contributed by atoms with Gasteiger partial charge in [0.25, 0.3) is 0 Å². The van der Waals surface area contributed by atoms with Gasteiger partial charge < -0.3 is 5.11 Å². The molecular weight excluding hydrogens is 94.1 g/mol. The number of nitrogens with zero attached hydrogens (tertiary/aromatic N) is 3. The van der Waals surface area contributed by atoms with Crippen LogP contribution in [0.1, 0.15) is 0 Å². The van der Waals surface area contributed by atoms with Crippen molar-refractivity contribution in [1.82, 2.24) is 14.8 Å². The minimum atomic E-state index is -0.153. The van der Waals surface area contributed by atoms with Gasteiger partial charge in [-0.2, -0.15) is 5.10 Å². The van der Waals surface area contributed by atoms with Crippen LogP contribution in [0.2, 0.25) is 0 Å². The number of hydrogen-bond acceptors (Lipinski definition) is 3. The molecule has 0 bridgehead atoms. The van der Waals surface area contributed by atoms with Crippen LogP contribution in [0.3, 0.4) is 0 Å². The van der Waals surface area contributed by atoms with E-state index in [-0.39, 0.29) is 6.73 Å². The lowest BCUT2D eigenvalue weighted by molar-refractivity contribution is 0.194. The van der Waals surface area contributed by atoms with Crippen molar-refractivity contribution in [3.8, 4) is 0 Å². The first kappa shape index (κ1) is 4.26. The number of hydrogen-bond donors (Lipinski definition) is 1. The average Bonchev–Trinajstić information content (AvgIpc) is 2.14. The first-order chi connectivity index (χ1) is 3.43. The fourth-order valence-corrected chi connectivity index (χ4v) is 0.275. The highest BCUT2D eigenvalue weighted by Crippen LogP contribution is 1.70. The summed E-state index contributed by atoms with van der Waals surface area (Å²) in [6, 6.07) is 0. The zero-order valence-corrected chi connectivity index (χ0v) is 3.57. The summed E-state index contributed by atoms with van der Waals surface area (Å²) in [5.41, 5.74) is 0. The predicted octanol–water partition coefficient (Wildman–Crippen LogP) is -0.972. The van der Waals surface area contributed by atoms with Gasteiger partial charge in [0.1, 0.15) is 13.1 Å². The fraction of sp³-hybridized carbons (Fsp3) is 0.333. The molecule has 1 rings (SSSR count). The Labute approximate surface area is 40.4 Å². The van der Waals surface area contributed by atoms with Crippen molar-refractivity contribution in [2.45, 2.75) is 6.73 Å². The van der Waals surface area contributed by atoms with E-state index in [2.05, 4.69) is 16.4 Å². The molecule has 0 atom stereocenters. The summed E-state index contributed by atoms with van der Waals surface area (Å²) in [6.07, 6.45) is 3.71. The van der Waals surface area contributed by atoms with E-state index in [1.54, 1.807) is 0 Å². The zero-order valence-electron chi connectivity index (χ0n) is 3.57. The molecule has 1 N–H and O–H groups in total. The summed E-state index contributed by atoms with van der Waals surface area (Å²) in [5, 5.41) is 11.8. The van der Waals surface area contributed by atoms with Crippen molar-refractivity contribution in [2.75, 3.05) is 0 Å². The van der Waals surface area contributed by atoms with Gasteiger partial charge in [0.2, 0.25) is 0 Å². The summed E-state index contributed by atoms with van der Waals surface area (Å²) >= 11 is 0. The molecule has 0 aromatic carbocycles. The molecule has 7 heavy (non-hydrogen) atoms. The van der Waals surface area contributed by atoms with E-state index < -0.39 is 0 Å². The minimum Gasteiger partial charge on any atom is -0.374 e. The lowest BCUT2D eigenvalue weighted by Crippen LogP contribution is -1.95. The molecular formula is C3H4N3O. The molecule has 4 nitrogen and oxygen atoms in total. The van der Waals surface area contributed by atoms with Crippen LogP contribution in [-0.2, 0) is 6.73 Å². The first-order valence-electron chi connectivity index (χ1n) is 1.80. The minimum absolute atomic E-state index is 0.153. The summed E-state index contributed by atoms with van der Waals surface area (Å²) in [6.45, 7) is -0.153. The van der Waals surface area contributed by atoms with E-state index in [0.29, 0.717) is 0 Å². The van der Waals surface area contributed by atoms with Crippen LogP contribution in [0, 0.1) is 6.33 Å². The van der Waals surface area contributed by atoms with Gasteiger partial charge in [0.05, 0.1) is 0 Å². The van der Waals surface area contributed by atoms with Gasteiger partial charge in [0, 0.05) is 0 Å². The molecule has 4 heteroatoms. The van der Waals surface area contributed by atoms with Crippen molar-refractivity contribution in [2.24, 2.45) is 0 Å². The normalized spacial score (nSPS) is 9.29. The number of aliphatic hydroxyl groups is 1. The maximum absolute atomic E-state index is 8.26. The molecule has 0 amide bonds. The van der Waals surface area contributed by atoms with E-state index in [9.17, 15) is 0 Å². The lowest BCUT2D eigenvalue weighted by atomic mass is 11.2. The Morgan fingerprint density at radius 3 is 3.00 bits per heavy atom. The molecule has 0 saturated carbocycles. The fourth-order valence-electron chi connectivity index (χ4n) is 0.275. The Morgan fingerprint density at radius 1 is 1.86 bits per heavy atom. The largest absolute Gasteiger partial charge is 0.374 e. The van der Waals surface area contributed by atoms with Gasteiger partial charge in [-0.25, -0.2) is 9.67 Å². The maximum Gasteiger partial charge on any atom is 0.198 e. The molecule has 1 heterocycles. The highest BCUT2D eigenvalue weighted by Gasteiger charge is 1.81. The summed E-state index contributed by atoms with van der Waals surface area (Å²) in [7, 11) is 0. The van der Waals surface area contributed by atoms with Crippen molar-refractivity contribution >= 4 is 0 Å². The molecule has 1 aromatic heterocycles. The summed E-state index contributed by atoms with van der Waals surface area (Å²) in [4.78, 5) is 3.46. The number of aliphatic hydroxyl groups excluding tert-OH is 1. The SMILES string of the molecule is OCn1[c]ncn1. The molecule has 0 aliphatic rings. The van der Waals surface area contributed by atoms with Crippen LogP contribution < -0.4 is 0 Å². The lowest BCUT2D eigenvalue weighted by Gasteiger charge is -1.83. The maximum atomic E-state index is 8.26. The summed E-state index contributed by atoms with van der Waals surface area (Å²) in [5.74, 6) is 0. The third-order valence-corrected chi connectivity index (χ3v) is 0.556. The highest BCUT2D eigenvalue weighted by atomic mass is 16.3. The van der Waals surface area contributed by atoms with E-state index in [0.717, 1.165) is 0 Å². The Balaban J connectivity index is 2.76. The van der Waals surface area contributed by atoms with Crippen molar-refractivity contribution < 1.29 is 5.11 Å².